The van der Waals surface area contributed by atoms with Crippen LogP contribution >= 0.6 is 0 Å². The van der Waals surface area contributed by atoms with Crippen molar-refractivity contribution in [2.24, 2.45) is 0 Å². The van der Waals surface area contributed by atoms with E-state index in [0.717, 1.165) is 6.42 Å². The van der Waals surface area contributed by atoms with Gasteiger partial charge in [-0.1, -0.05) is 19.1 Å². The van der Waals surface area contributed by atoms with Gasteiger partial charge in [0.2, 0.25) is 5.91 Å². The van der Waals surface area contributed by atoms with Gasteiger partial charge in [-0.3, -0.25) is 9.59 Å². The largest absolute Gasteiger partial charge is 0.494 e. The summed E-state index contributed by atoms with van der Waals surface area (Å²) in [6, 6.07) is 14.5. The molecule has 0 aliphatic carbocycles. The van der Waals surface area contributed by atoms with E-state index in [0.29, 0.717) is 29.3 Å². The van der Waals surface area contributed by atoms with Gasteiger partial charge < -0.3 is 20.7 Å². The summed E-state index contributed by atoms with van der Waals surface area (Å²) in [7, 11) is 0. The van der Waals surface area contributed by atoms with Crippen LogP contribution in [0.2, 0.25) is 0 Å². The maximum Gasteiger partial charge on any atom is 0.251 e. The minimum Gasteiger partial charge on any atom is -0.494 e. The number of carbonyl (C=O) groups is 2. The second kappa shape index (κ2) is 10.2. The number of hydrogen-bond acceptors (Lipinski definition) is 4. The predicted molar refractivity (Wildman–Crippen MR) is 108 cm³/mol. The number of rotatable bonds is 9. The van der Waals surface area contributed by atoms with Crippen LogP contribution in [-0.4, -0.2) is 31.0 Å². The van der Waals surface area contributed by atoms with Crippen LogP contribution in [0.25, 0.3) is 0 Å². The van der Waals surface area contributed by atoms with Gasteiger partial charge in [0.05, 0.1) is 13.2 Å². The molecule has 6 nitrogen and oxygen atoms in total. The molecule has 0 fully saturated rings. The molecule has 0 saturated carbocycles. The van der Waals surface area contributed by atoms with Crippen molar-refractivity contribution in [3.63, 3.8) is 0 Å². The molecule has 0 bridgehead atoms. The zero-order valence-electron chi connectivity index (χ0n) is 16.0. The molecule has 0 saturated heterocycles. The summed E-state index contributed by atoms with van der Waals surface area (Å²) >= 11 is 0. The summed E-state index contributed by atoms with van der Waals surface area (Å²) < 4.78 is 5.42. The highest BCUT2D eigenvalue weighted by atomic mass is 16.5. The third-order valence-electron chi connectivity index (χ3n) is 4.00. The van der Waals surface area contributed by atoms with Crippen molar-refractivity contribution in [1.82, 2.24) is 5.32 Å². The van der Waals surface area contributed by atoms with Crippen molar-refractivity contribution in [2.75, 3.05) is 23.8 Å². The molecular weight excluding hydrogens is 342 g/mol. The molecule has 2 amide bonds. The van der Waals surface area contributed by atoms with Gasteiger partial charge in [-0.2, -0.15) is 0 Å². The van der Waals surface area contributed by atoms with E-state index in [1.54, 1.807) is 30.3 Å². The smallest absolute Gasteiger partial charge is 0.251 e. The fourth-order valence-corrected chi connectivity index (χ4v) is 2.40. The first-order valence-electron chi connectivity index (χ1n) is 9.19. The number of benzene rings is 2. The summed E-state index contributed by atoms with van der Waals surface area (Å²) in [5.74, 6) is 0.409. The Hall–Kier alpha value is -3.02. The molecule has 6 heteroatoms. The summed E-state index contributed by atoms with van der Waals surface area (Å²) in [5.41, 5.74) is 1.95. The average molecular weight is 369 g/mol. The van der Waals surface area contributed by atoms with Crippen molar-refractivity contribution >= 4 is 23.2 Å². The Morgan fingerprint density at radius 3 is 2.52 bits per heavy atom. The number of anilines is 2. The van der Waals surface area contributed by atoms with E-state index >= 15 is 0 Å². The molecule has 0 aromatic heterocycles. The van der Waals surface area contributed by atoms with Gasteiger partial charge in [-0.15, -0.1) is 0 Å². The second-order valence-corrected chi connectivity index (χ2v) is 6.23. The van der Waals surface area contributed by atoms with Crippen molar-refractivity contribution in [3.05, 3.63) is 54.1 Å². The van der Waals surface area contributed by atoms with E-state index in [1.807, 2.05) is 39.0 Å². The zero-order chi connectivity index (χ0) is 19.6. The van der Waals surface area contributed by atoms with Gasteiger partial charge >= 0.3 is 0 Å². The van der Waals surface area contributed by atoms with Crippen molar-refractivity contribution in [1.29, 1.82) is 0 Å². The molecule has 27 heavy (non-hydrogen) atoms. The second-order valence-electron chi connectivity index (χ2n) is 6.23. The van der Waals surface area contributed by atoms with Crippen LogP contribution in [0.15, 0.2) is 48.5 Å². The Labute approximate surface area is 160 Å². The van der Waals surface area contributed by atoms with Crippen LogP contribution in [0.1, 0.15) is 37.6 Å². The van der Waals surface area contributed by atoms with Crippen LogP contribution in [0, 0.1) is 0 Å². The summed E-state index contributed by atoms with van der Waals surface area (Å²) in [5, 5.41) is 8.79. The van der Waals surface area contributed by atoms with E-state index < -0.39 is 0 Å². The summed E-state index contributed by atoms with van der Waals surface area (Å²) in [6.45, 7) is 6.55. The molecular formula is C21H27N3O3. The lowest BCUT2D eigenvalue weighted by atomic mass is 10.1. The van der Waals surface area contributed by atoms with Crippen LogP contribution in [-0.2, 0) is 4.79 Å². The number of hydrogen-bond donors (Lipinski definition) is 3. The van der Waals surface area contributed by atoms with Crippen molar-refractivity contribution < 1.29 is 14.3 Å². The van der Waals surface area contributed by atoms with Gasteiger partial charge in [0.15, 0.2) is 0 Å². The number of carbonyl (C=O) groups excluding carboxylic acids is 2. The zero-order valence-corrected chi connectivity index (χ0v) is 16.0. The predicted octanol–water partition coefficient (Wildman–Crippen LogP) is 3.66. The highest BCUT2D eigenvalue weighted by molar-refractivity contribution is 5.96. The molecule has 0 aliphatic rings. The first-order chi connectivity index (χ1) is 13.0. The number of amides is 2. The first-order valence-corrected chi connectivity index (χ1v) is 9.19. The molecule has 0 radical (unpaired) electrons. The summed E-state index contributed by atoms with van der Waals surface area (Å²) in [6.07, 6.45) is 0.869. The molecule has 2 rings (SSSR count). The highest BCUT2D eigenvalue weighted by Gasteiger charge is 2.09. The molecule has 3 N–H and O–H groups in total. The SMILES string of the molecule is CCOc1cccc(NC(=O)CNc2cccc(C(=O)NC(C)CC)c2)c1. The fourth-order valence-electron chi connectivity index (χ4n) is 2.40. The maximum absolute atomic E-state index is 12.2. The van der Waals surface area contributed by atoms with Crippen LogP contribution in [0.4, 0.5) is 11.4 Å². The molecule has 1 unspecified atom stereocenters. The van der Waals surface area contributed by atoms with Crippen molar-refractivity contribution in [3.8, 4) is 5.75 Å². The van der Waals surface area contributed by atoms with E-state index in [-0.39, 0.29) is 24.4 Å². The molecule has 0 spiro atoms. The molecule has 0 heterocycles. The Bertz CT molecular complexity index is 777. The van der Waals surface area contributed by atoms with Crippen molar-refractivity contribution in [2.45, 2.75) is 33.2 Å². The number of ether oxygens (including phenoxy) is 1. The van der Waals surface area contributed by atoms with Gasteiger partial charge in [0.1, 0.15) is 5.75 Å². The lowest BCUT2D eigenvalue weighted by Crippen LogP contribution is -2.31. The minimum absolute atomic E-state index is 0.0926. The fraction of sp³-hybridized carbons (Fsp3) is 0.333. The minimum atomic E-state index is -0.182. The van der Waals surface area contributed by atoms with Crippen LogP contribution < -0.4 is 20.7 Å². The van der Waals surface area contributed by atoms with E-state index in [1.165, 1.54) is 0 Å². The van der Waals surface area contributed by atoms with Gasteiger partial charge in [-0.05, 0) is 50.6 Å². The molecule has 2 aromatic rings. The third-order valence-corrected chi connectivity index (χ3v) is 4.00. The maximum atomic E-state index is 12.2. The van der Waals surface area contributed by atoms with E-state index in [9.17, 15) is 9.59 Å². The van der Waals surface area contributed by atoms with Gasteiger partial charge in [-0.25, -0.2) is 0 Å². The number of nitrogens with one attached hydrogen (secondary N) is 3. The molecule has 144 valence electrons. The molecule has 1 atom stereocenters. The monoisotopic (exact) mass is 369 g/mol. The topological polar surface area (TPSA) is 79.5 Å². The quantitative estimate of drug-likeness (QED) is 0.630. The normalized spacial score (nSPS) is 11.4. The average Bonchev–Trinajstić information content (AvgIpc) is 2.67. The molecule has 2 aromatic carbocycles. The highest BCUT2D eigenvalue weighted by Crippen LogP contribution is 2.17. The Morgan fingerprint density at radius 1 is 1.04 bits per heavy atom. The lowest BCUT2D eigenvalue weighted by Gasteiger charge is -2.13. The van der Waals surface area contributed by atoms with Gasteiger partial charge in [0.25, 0.3) is 5.91 Å². The van der Waals surface area contributed by atoms with Crippen LogP contribution in [0.5, 0.6) is 5.75 Å². The van der Waals surface area contributed by atoms with E-state index in [2.05, 4.69) is 16.0 Å². The first kappa shape index (κ1) is 20.3. The molecule has 0 aliphatic heterocycles. The lowest BCUT2D eigenvalue weighted by molar-refractivity contribution is -0.114. The Balaban J connectivity index is 1.90. The van der Waals surface area contributed by atoms with E-state index in [4.69, 9.17) is 4.74 Å². The Kier molecular flexibility index (Phi) is 7.67. The third kappa shape index (κ3) is 6.66. The standard InChI is InChI=1S/C21H27N3O3/c1-4-15(3)23-21(26)16-8-6-9-17(12-16)22-14-20(25)24-18-10-7-11-19(13-18)27-5-2/h6-13,15,22H,4-5,14H2,1-3H3,(H,23,26)(H,24,25). The van der Waals surface area contributed by atoms with Gasteiger partial charge in [0, 0.05) is 29.0 Å². The van der Waals surface area contributed by atoms with Crippen LogP contribution in [0.3, 0.4) is 0 Å². The summed E-state index contributed by atoms with van der Waals surface area (Å²) in [4.78, 5) is 24.4. The Morgan fingerprint density at radius 2 is 1.78 bits per heavy atom.